The lowest BCUT2D eigenvalue weighted by Gasteiger charge is -2.08. The second-order valence-corrected chi connectivity index (χ2v) is 6.05. The van der Waals surface area contributed by atoms with Crippen molar-refractivity contribution < 1.29 is 4.79 Å². The second kappa shape index (κ2) is 6.22. The molecule has 22 heavy (non-hydrogen) atoms. The lowest BCUT2D eigenvalue weighted by Crippen LogP contribution is -2.29. The summed E-state index contributed by atoms with van der Waals surface area (Å²) < 4.78 is 1.67. The molecular weight excluding hydrogens is 276 g/mol. The van der Waals surface area contributed by atoms with Crippen LogP contribution in [-0.4, -0.2) is 21.7 Å². The largest absolute Gasteiger partial charge is 0.378 e. The van der Waals surface area contributed by atoms with E-state index >= 15 is 0 Å². The fourth-order valence-electron chi connectivity index (χ4n) is 2.38. The molecule has 1 heterocycles. The zero-order valence-corrected chi connectivity index (χ0v) is 13.1. The van der Waals surface area contributed by atoms with E-state index in [0.29, 0.717) is 6.04 Å². The minimum absolute atomic E-state index is 0.0340. The highest BCUT2D eigenvalue weighted by atomic mass is 16.2. The number of hydrogen-bond acceptors (Lipinski definition) is 3. The van der Waals surface area contributed by atoms with Crippen LogP contribution in [0, 0.1) is 13.8 Å². The summed E-state index contributed by atoms with van der Waals surface area (Å²) in [5.41, 5.74) is 4.74. The van der Waals surface area contributed by atoms with E-state index in [-0.39, 0.29) is 12.5 Å². The third-order valence-corrected chi connectivity index (χ3v) is 3.87. The summed E-state index contributed by atoms with van der Waals surface area (Å²) in [5.74, 6) is 0.0340. The first-order valence-electron chi connectivity index (χ1n) is 7.72. The van der Waals surface area contributed by atoms with Crippen LogP contribution in [0.2, 0.25) is 0 Å². The summed E-state index contributed by atoms with van der Waals surface area (Å²) in [4.78, 5) is 11.7. The van der Waals surface area contributed by atoms with Crippen LogP contribution in [0.1, 0.15) is 29.5 Å². The maximum absolute atomic E-state index is 11.7. The van der Waals surface area contributed by atoms with Gasteiger partial charge in [0.2, 0.25) is 5.91 Å². The lowest BCUT2D eigenvalue weighted by molar-refractivity contribution is -0.122. The quantitative estimate of drug-likeness (QED) is 0.861. The molecule has 1 fully saturated rings. The number of carbonyl (C=O) groups excluding carboxylic acids is 1. The monoisotopic (exact) mass is 298 g/mol. The minimum Gasteiger partial charge on any atom is -0.378 e. The molecule has 1 aliphatic rings. The van der Waals surface area contributed by atoms with E-state index in [1.54, 1.807) is 10.9 Å². The summed E-state index contributed by atoms with van der Waals surface area (Å²) in [7, 11) is 0. The van der Waals surface area contributed by atoms with Crippen LogP contribution in [-0.2, 0) is 17.9 Å². The molecule has 116 valence electrons. The van der Waals surface area contributed by atoms with Gasteiger partial charge in [0, 0.05) is 18.8 Å². The molecule has 1 aliphatic carbocycles. The SMILES string of the molecule is Cc1ccc(C)c(CNc2cnn(CC(=O)NC3CC3)c2)c1. The molecule has 1 aromatic carbocycles. The van der Waals surface area contributed by atoms with E-state index in [1.807, 2.05) is 6.20 Å². The van der Waals surface area contributed by atoms with Crippen molar-refractivity contribution in [1.82, 2.24) is 15.1 Å². The molecule has 0 bridgehead atoms. The maximum atomic E-state index is 11.7. The van der Waals surface area contributed by atoms with Crippen LogP contribution in [0.15, 0.2) is 30.6 Å². The maximum Gasteiger partial charge on any atom is 0.241 e. The van der Waals surface area contributed by atoms with Crippen molar-refractivity contribution in [2.24, 2.45) is 0 Å². The van der Waals surface area contributed by atoms with Gasteiger partial charge in [-0.3, -0.25) is 9.48 Å². The Bertz CT molecular complexity index is 673. The first-order chi connectivity index (χ1) is 10.6. The number of anilines is 1. The zero-order chi connectivity index (χ0) is 15.5. The van der Waals surface area contributed by atoms with Crippen LogP contribution >= 0.6 is 0 Å². The molecule has 3 rings (SSSR count). The average molecular weight is 298 g/mol. The Hall–Kier alpha value is -2.30. The van der Waals surface area contributed by atoms with E-state index in [1.165, 1.54) is 16.7 Å². The van der Waals surface area contributed by atoms with E-state index in [9.17, 15) is 4.79 Å². The molecule has 1 saturated carbocycles. The number of aromatic nitrogens is 2. The van der Waals surface area contributed by atoms with Crippen LogP contribution < -0.4 is 10.6 Å². The molecular formula is C17H22N4O. The Morgan fingerprint density at radius 1 is 1.36 bits per heavy atom. The predicted octanol–water partition coefficient (Wildman–Crippen LogP) is 2.39. The van der Waals surface area contributed by atoms with Crippen LogP contribution in [0.5, 0.6) is 0 Å². The summed E-state index contributed by atoms with van der Waals surface area (Å²) >= 11 is 0. The smallest absolute Gasteiger partial charge is 0.241 e. The summed E-state index contributed by atoms with van der Waals surface area (Å²) in [6.07, 6.45) is 5.84. The van der Waals surface area contributed by atoms with Crippen molar-refractivity contribution in [2.45, 2.75) is 45.8 Å². The first kappa shape index (κ1) is 14.6. The third kappa shape index (κ3) is 3.87. The second-order valence-electron chi connectivity index (χ2n) is 6.05. The number of carbonyl (C=O) groups is 1. The molecule has 1 aromatic heterocycles. The topological polar surface area (TPSA) is 59.0 Å². The van der Waals surface area contributed by atoms with E-state index in [4.69, 9.17) is 0 Å². The highest BCUT2D eigenvalue weighted by Gasteiger charge is 2.23. The van der Waals surface area contributed by atoms with Gasteiger partial charge in [-0.15, -0.1) is 0 Å². The van der Waals surface area contributed by atoms with Crippen molar-refractivity contribution in [1.29, 1.82) is 0 Å². The summed E-state index contributed by atoms with van der Waals surface area (Å²) in [6, 6.07) is 6.84. The van der Waals surface area contributed by atoms with E-state index in [2.05, 4.69) is 47.8 Å². The highest BCUT2D eigenvalue weighted by molar-refractivity contribution is 5.76. The van der Waals surface area contributed by atoms with Gasteiger partial charge < -0.3 is 10.6 Å². The zero-order valence-electron chi connectivity index (χ0n) is 13.1. The Morgan fingerprint density at radius 3 is 2.95 bits per heavy atom. The number of nitrogens with one attached hydrogen (secondary N) is 2. The lowest BCUT2D eigenvalue weighted by atomic mass is 10.1. The Balaban J connectivity index is 1.54. The fourth-order valence-corrected chi connectivity index (χ4v) is 2.38. The van der Waals surface area contributed by atoms with E-state index < -0.39 is 0 Å². The van der Waals surface area contributed by atoms with Gasteiger partial charge in [0.25, 0.3) is 0 Å². The average Bonchev–Trinajstić information content (AvgIpc) is 3.17. The van der Waals surface area contributed by atoms with Crippen molar-refractivity contribution in [3.8, 4) is 0 Å². The molecule has 5 nitrogen and oxygen atoms in total. The van der Waals surface area contributed by atoms with Gasteiger partial charge in [0.1, 0.15) is 6.54 Å². The van der Waals surface area contributed by atoms with Crippen molar-refractivity contribution in [2.75, 3.05) is 5.32 Å². The number of aryl methyl sites for hydroxylation is 2. The van der Waals surface area contributed by atoms with Crippen LogP contribution in [0.4, 0.5) is 5.69 Å². The van der Waals surface area contributed by atoms with Crippen molar-refractivity contribution >= 4 is 11.6 Å². The minimum atomic E-state index is 0.0340. The van der Waals surface area contributed by atoms with Gasteiger partial charge in [0.15, 0.2) is 0 Å². The summed E-state index contributed by atoms with van der Waals surface area (Å²) in [5, 5.41) is 10.6. The van der Waals surface area contributed by atoms with Gasteiger partial charge in [-0.05, 0) is 37.8 Å². The normalized spacial score (nSPS) is 13.9. The predicted molar refractivity (Wildman–Crippen MR) is 86.6 cm³/mol. The molecule has 0 saturated heterocycles. The Morgan fingerprint density at radius 2 is 2.18 bits per heavy atom. The molecule has 0 unspecified atom stereocenters. The molecule has 0 radical (unpaired) electrons. The highest BCUT2D eigenvalue weighted by Crippen LogP contribution is 2.18. The number of benzene rings is 1. The number of nitrogens with zero attached hydrogens (tertiary/aromatic N) is 2. The first-order valence-corrected chi connectivity index (χ1v) is 7.72. The van der Waals surface area contributed by atoms with Gasteiger partial charge in [-0.2, -0.15) is 5.10 Å². The van der Waals surface area contributed by atoms with Gasteiger partial charge in [-0.1, -0.05) is 23.8 Å². The van der Waals surface area contributed by atoms with Crippen molar-refractivity contribution in [3.05, 3.63) is 47.3 Å². The molecule has 2 aromatic rings. The van der Waals surface area contributed by atoms with Crippen LogP contribution in [0.25, 0.3) is 0 Å². The molecule has 5 heteroatoms. The third-order valence-electron chi connectivity index (χ3n) is 3.87. The van der Waals surface area contributed by atoms with Gasteiger partial charge in [-0.25, -0.2) is 0 Å². The molecule has 0 atom stereocenters. The summed E-state index contributed by atoms with van der Waals surface area (Å²) in [6.45, 7) is 5.25. The number of hydrogen-bond donors (Lipinski definition) is 2. The molecule has 0 aliphatic heterocycles. The fraction of sp³-hybridized carbons (Fsp3) is 0.412. The number of rotatable bonds is 6. The Labute approximate surface area is 130 Å². The van der Waals surface area contributed by atoms with Gasteiger partial charge >= 0.3 is 0 Å². The molecule has 1 amide bonds. The molecule has 0 spiro atoms. The standard InChI is InChI=1S/C17H22N4O/c1-12-3-4-13(2)14(7-12)8-18-16-9-19-21(10-16)11-17(22)20-15-5-6-15/h3-4,7,9-10,15,18H,5-6,8,11H2,1-2H3,(H,20,22). The van der Waals surface area contributed by atoms with Gasteiger partial charge in [0.05, 0.1) is 11.9 Å². The van der Waals surface area contributed by atoms with E-state index in [0.717, 1.165) is 25.1 Å². The Kier molecular flexibility index (Phi) is 4.13. The van der Waals surface area contributed by atoms with Crippen molar-refractivity contribution in [3.63, 3.8) is 0 Å². The van der Waals surface area contributed by atoms with Crippen LogP contribution in [0.3, 0.4) is 0 Å². The number of amides is 1. The molecule has 2 N–H and O–H groups in total.